The Kier molecular flexibility index (Phi) is 5.30. The number of nitrogens with zero attached hydrogens (tertiary/aromatic N) is 4. The average Bonchev–Trinajstić information content (AvgIpc) is 3.18. The molecule has 0 amide bonds. The van der Waals surface area contributed by atoms with Crippen LogP contribution in [0.5, 0.6) is 0 Å². The number of imidazole rings is 1. The molecule has 4 aromatic rings. The Morgan fingerprint density at radius 1 is 1.07 bits per heavy atom. The maximum Gasteiger partial charge on any atom is 0.163 e. The van der Waals surface area contributed by atoms with Gasteiger partial charge < -0.3 is 9.72 Å². The molecule has 1 N–H and O–H groups in total. The third kappa shape index (κ3) is 3.86. The van der Waals surface area contributed by atoms with Gasteiger partial charge >= 0.3 is 0 Å². The SMILES string of the molecule is CCC(CNc1nc(-c2cn3ccnc3cc2C)nc(C)c1C)c1ccccc1. The van der Waals surface area contributed by atoms with Crippen LogP contribution in [0.25, 0.3) is 17.0 Å². The van der Waals surface area contributed by atoms with E-state index in [-0.39, 0.29) is 0 Å². The third-order valence-electron chi connectivity index (χ3n) is 5.65. The van der Waals surface area contributed by atoms with E-state index in [4.69, 9.17) is 9.97 Å². The Bertz CT molecular complexity index is 1130. The van der Waals surface area contributed by atoms with E-state index in [0.29, 0.717) is 5.92 Å². The van der Waals surface area contributed by atoms with Gasteiger partial charge in [0.2, 0.25) is 0 Å². The molecule has 1 aromatic carbocycles. The number of pyridine rings is 1. The van der Waals surface area contributed by atoms with Crippen molar-refractivity contribution in [3.63, 3.8) is 0 Å². The second-order valence-electron chi connectivity index (χ2n) is 7.57. The van der Waals surface area contributed by atoms with Crippen LogP contribution in [0.4, 0.5) is 5.82 Å². The predicted molar refractivity (Wildman–Crippen MR) is 118 cm³/mol. The average molecular weight is 386 g/mol. The van der Waals surface area contributed by atoms with Crippen LogP contribution in [0.1, 0.15) is 41.6 Å². The first-order valence-corrected chi connectivity index (χ1v) is 10.1. The molecule has 148 valence electrons. The molecule has 0 spiro atoms. The van der Waals surface area contributed by atoms with Gasteiger partial charge in [-0.2, -0.15) is 0 Å². The van der Waals surface area contributed by atoms with Gasteiger partial charge in [0.15, 0.2) is 5.82 Å². The van der Waals surface area contributed by atoms with Crippen LogP contribution in [-0.4, -0.2) is 25.9 Å². The highest BCUT2D eigenvalue weighted by Crippen LogP contribution is 2.26. The fraction of sp³-hybridized carbons (Fsp3) is 0.292. The fourth-order valence-electron chi connectivity index (χ4n) is 3.66. The molecule has 3 heterocycles. The number of benzene rings is 1. The maximum atomic E-state index is 4.90. The largest absolute Gasteiger partial charge is 0.369 e. The first-order valence-electron chi connectivity index (χ1n) is 10.1. The van der Waals surface area contributed by atoms with Crippen molar-refractivity contribution in [1.82, 2.24) is 19.4 Å². The molecule has 5 heteroatoms. The van der Waals surface area contributed by atoms with Crippen molar-refractivity contribution in [2.45, 2.75) is 40.0 Å². The Labute approximate surface area is 171 Å². The van der Waals surface area contributed by atoms with E-state index in [0.717, 1.165) is 52.6 Å². The molecule has 0 radical (unpaired) electrons. The molecule has 29 heavy (non-hydrogen) atoms. The second-order valence-corrected chi connectivity index (χ2v) is 7.57. The van der Waals surface area contributed by atoms with Gasteiger partial charge in [-0.05, 0) is 44.4 Å². The summed E-state index contributed by atoms with van der Waals surface area (Å²) >= 11 is 0. The number of rotatable bonds is 6. The molecule has 0 fully saturated rings. The van der Waals surface area contributed by atoms with Gasteiger partial charge in [-0.3, -0.25) is 0 Å². The number of hydrogen-bond donors (Lipinski definition) is 1. The molecule has 4 rings (SSSR count). The lowest BCUT2D eigenvalue weighted by atomic mass is 9.96. The Hall–Kier alpha value is -3.21. The number of fused-ring (bicyclic) bond motifs is 1. The van der Waals surface area contributed by atoms with E-state index in [1.54, 1.807) is 6.20 Å². The summed E-state index contributed by atoms with van der Waals surface area (Å²) < 4.78 is 2.01. The molecule has 0 aliphatic carbocycles. The van der Waals surface area contributed by atoms with Crippen LogP contribution in [0, 0.1) is 20.8 Å². The fourth-order valence-corrected chi connectivity index (χ4v) is 3.66. The summed E-state index contributed by atoms with van der Waals surface area (Å²) in [5.74, 6) is 2.10. The van der Waals surface area contributed by atoms with Crippen molar-refractivity contribution in [3.8, 4) is 11.4 Å². The number of aryl methyl sites for hydroxylation is 2. The molecule has 1 unspecified atom stereocenters. The van der Waals surface area contributed by atoms with E-state index in [2.05, 4.69) is 73.7 Å². The van der Waals surface area contributed by atoms with Gasteiger partial charge in [0.05, 0.1) is 0 Å². The summed E-state index contributed by atoms with van der Waals surface area (Å²) in [7, 11) is 0. The lowest BCUT2D eigenvalue weighted by molar-refractivity contribution is 0.693. The lowest BCUT2D eigenvalue weighted by Gasteiger charge is -2.19. The van der Waals surface area contributed by atoms with Crippen LogP contribution in [0.3, 0.4) is 0 Å². The van der Waals surface area contributed by atoms with Gasteiger partial charge in [0.25, 0.3) is 0 Å². The highest BCUT2D eigenvalue weighted by molar-refractivity contribution is 5.65. The number of nitrogens with one attached hydrogen (secondary N) is 1. The molecular weight excluding hydrogens is 358 g/mol. The molecule has 0 bridgehead atoms. The van der Waals surface area contributed by atoms with Crippen molar-refractivity contribution in [2.75, 3.05) is 11.9 Å². The summed E-state index contributed by atoms with van der Waals surface area (Å²) in [5, 5.41) is 3.59. The minimum Gasteiger partial charge on any atom is -0.369 e. The summed E-state index contributed by atoms with van der Waals surface area (Å²) in [6.07, 6.45) is 6.89. The molecule has 0 aliphatic rings. The summed E-state index contributed by atoms with van der Waals surface area (Å²) in [6, 6.07) is 12.7. The summed E-state index contributed by atoms with van der Waals surface area (Å²) in [6.45, 7) is 9.28. The predicted octanol–water partition coefficient (Wildman–Crippen LogP) is 5.32. The summed E-state index contributed by atoms with van der Waals surface area (Å²) in [5.41, 5.74) is 6.52. The normalized spacial score (nSPS) is 12.3. The molecule has 0 saturated heterocycles. The van der Waals surface area contributed by atoms with Gasteiger partial charge in [-0.15, -0.1) is 0 Å². The van der Waals surface area contributed by atoms with Crippen molar-refractivity contribution in [3.05, 3.63) is 77.4 Å². The Balaban J connectivity index is 1.66. The third-order valence-corrected chi connectivity index (χ3v) is 5.65. The smallest absolute Gasteiger partial charge is 0.163 e. The van der Waals surface area contributed by atoms with Crippen LogP contribution >= 0.6 is 0 Å². The van der Waals surface area contributed by atoms with Gasteiger partial charge in [0, 0.05) is 47.9 Å². The number of hydrogen-bond acceptors (Lipinski definition) is 4. The number of aromatic nitrogens is 4. The number of anilines is 1. The van der Waals surface area contributed by atoms with Crippen molar-refractivity contribution < 1.29 is 0 Å². The zero-order valence-electron chi connectivity index (χ0n) is 17.5. The minimum atomic E-state index is 0.443. The molecule has 5 nitrogen and oxygen atoms in total. The molecule has 0 aliphatic heterocycles. The van der Waals surface area contributed by atoms with Gasteiger partial charge in [-0.1, -0.05) is 37.3 Å². The van der Waals surface area contributed by atoms with Crippen LogP contribution in [0.2, 0.25) is 0 Å². The topological polar surface area (TPSA) is 55.1 Å². The van der Waals surface area contributed by atoms with Crippen LogP contribution in [0.15, 0.2) is 55.0 Å². The standard InChI is InChI=1S/C24H27N5/c1-5-19(20-9-7-6-8-10-20)14-26-23-17(3)18(4)27-24(28-23)21-15-29-12-11-25-22(29)13-16(21)2/h6-13,15,19H,5,14H2,1-4H3,(H,26,27,28). The maximum absolute atomic E-state index is 4.90. The van der Waals surface area contributed by atoms with Crippen LogP contribution in [-0.2, 0) is 0 Å². The van der Waals surface area contributed by atoms with E-state index >= 15 is 0 Å². The highest BCUT2D eigenvalue weighted by Gasteiger charge is 2.15. The zero-order valence-corrected chi connectivity index (χ0v) is 17.5. The van der Waals surface area contributed by atoms with Crippen molar-refractivity contribution >= 4 is 11.5 Å². The Morgan fingerprint density at radius 2 is 1.86 bits per heavy atom. The summed E-state index contributed by atoms with van der Waals surface area (Å²) in [4.78, 5) is 14.0. The Morgan fingerprint density at radius 3 is 2.62 bits per heavy atom. The van der Waals surface area contributed by atoms with E-state index in [1.807, 2.05) is 17.5 Å². The molecule has 3 aromatic heterocycles. The van der Waals surface area contributed by atoms with E-state index < -0.39 is 0 Å². The van der Waals surface area contributed by atoms with Crippen molar-refractivity contribution in [1.29, 1.82) is 0 Å². The van der Waals surface area contributed by atoms with E-state index in [9.17, 15) is 0 Å². The minimum absolute atomic E-state index is 0.443. The zero-order chi connectivity index (χ0) is 20.4. The highest BCUT2D eigenvalue weighted by atomic mass is 15.0. The quantitative estimate of drug-likeness (QED) is 0.488. The van der Waals surface area contributed by atoms with Crippen LogP contribution < -0.4 is 5.32 Å². The van der Waals surface area contributed by atoms with E-state index in [1.165, 1.54) is 5.56 Å². The first-order chi connectivity index (χ1) is 14.1. The first kappa shape index (κ1) is 19.1. The molecular formula is C24H27N5. The van der Waals surface area contributed by atoms with Gasteiger partial charge in [0.1, 0.15) is 11.5 Å². The molecule has 1 atom stereocenters. The lowest BCUT2D eigenvalue weighted by Crippen LogP contribution is -2.15. The second kappa shape index (κ2) is 8.03. The molecule has 0 saturated carbocycles. The van der Waals surface area contributed by atoms with Gasteiger partial charge in [-0.25, -0.2) is 15.0 Å². The monoisotopic (exact) mass is 385 g/mol. The van der Waals surface area contributed by atoms with Crippen molar-refractivity contribution in [2.24, 2.45) is 0 Å².